The molecular formula is C17H17ClN2O6S. The van der Waals surface area contributed by atoms with E-state index < -0.39 is 28.5 Å². The van der Waals surface area contributed by atoms with Crippen LogP contribution < -0.4 is 5.32 Å². The van der Waals surface area contributed by atoms with Crippen LogP contribution in [-0.4, -0.2) is 45.3 Å². The molecule has 0 aliphatic carbocycles. The molecule has 8 nitrogen and oxygen atoms in total. The van der Waals surface area contributed by atoms with Crippen molar-refractivity contribution in [2.75, 3.05) is 26.0 Å². The van der Waals surface area contributed by atoms with Gasteiger partial charge >= 0.3 is 5.97 Å². The minimum Gasteiger partial charge on any atom is -0.465 e. The molecule has 1 N–H and O–H groups in total. The molecule has 144 valence electrons. The Bertz CT molecular complexity index is 952. The van der Waals surface area contributed by atoms with Gasteiger partial charge in [-0.15, -0.1) is 0 Å². The quantitative estimate of drug-likeness (QED) is 0.552. The van der Waals surface area contributed by atoms with E-state index in [2.05, 4.69) is 5.32 Å². The average Bonchev–Trinajstić information content (AvgIpc) is 3.13. The Balaban J connectivity index is 1.98. The molecule has 2 aromatic rings. The Labute approximate surface area is 161 Å². The summed E-state index contributed by atoms with van der Waals surface area (Å²) in [4.78, 5) is 23.5. The molecule has 0 bridgehead atoms. The highest BCUT2D eigenvalue weighted by Crippen LogP contribution is 2.26. The van der Waals surface area contributed by atoms with E-state index >= 15 is 0 Å². The number of nitrogens with one attached hydrogen (secondary N) is 1. The molecular weight excluding hydrogens is 396 g/mol. The first-order valence-corrected chi connectivity index (χ1v) is 9.42. The maximum absolute atomic E-state index is 12.2. The Morgan fingerprint density at radius 1 is 1.30 bits per heavy atom. The molecule has 0 unspecified atom stereocenters. The molecule has 0 spiro atoms. The third-order valence-electron chi connectivity index (χ3n) is 3.26. The first kappa shape index (κ1) is 20.7. The number of benzene rings is 1. The van der Waals surface area contributed by atoms with Crippen molar-refractivity contribution in [3.63, 3.8) is 0 Å². The molecule has 0 aliphatic rings. The summed E-state index contributed by atoms with van der Waals surface area (Å²) in [6, 6.07) is 7.21. The summed E-state index contributed by atoms with van der Waals surface area (Å²) in [7, 11) is -0.913. The zero-order valence-electron chi connectivity index (χ0n) is 14.5. The van der Waals surface area contributed by atoms with Gasteiger partial charge in [-0.25, -0.2) is 17.5 Å². The van der Waals surface area contributed by atoms with E-state index in [9.17, 15) is 18.0 Å². The number of ether oxygens (including phenoxy) is 1. The lowest BCUT2D eigenvalue weighted by Gasteiger charge is -2.13. The Hall–Kier alpha value is -2.62. The zero-order valence-corrected chi connectivity index (χ0v) is 16.1. The van der Waals surface area contributed by atoms with Crippen LogP contribution in [-0.2, 0) is 24.3 Å². The van der Waals surface area contributed by atoms with Crippen molar-refractivity contribution < 1.29 is 27.2 Å². The number of furan rings is 1. The van der Waals surface area contributed by atoms with Crippen LogP contribution in [0.5, 0.6) is 0 Å². The Kier molecular flexibility index (Phi) is 6.78. The van der Waals surface area contributed by atoms with Gasteiger partial charge in [-0.1, -0.05) is 11.6 Å². The van der Waals surface area contributed by atoms with E-state index in [1.54, 1.807) is 12.1 Å². The van der Waals surface area contributed by atoms with Crippen molar-refractivity contribution >= 4 is 45.3 Å². The van der Waals surface area contributed by atoms with Crippen molar-refractivity contribution in [1.82, 2.24) is 4.31 Å². The maximum Gasteiger partial charge on any atom is 0.331 e. The fourth-order valence-corrected chi connectivity index (χ4v) is 2.97. The predicted molar refractivity (Wildman–Crippen MR) is 99.7 cm³/mol. The molecule has 0 saturated heterocycles. The molecule has 2 rings (SSSR count). The summed E-state index contributed by atoms with van der Waals surface area (Å²) in [6.45, 7) is -0.567. The van der Waals surface area contributed by atoms with Gasteiger partial charge in [-0.3, -0.25) is 4.79 Å². The maximum atomic E-state index is 12.2. The summed E-state index contributed by atoms with van der Waals surface area (Å²) in [5, 5.41) is 2.56. The van der Waals surface area contributed by atoms with Gasteiger partial charge in [0.1, 0.15) is 5.76 Å². The molecule has 0 aliphatic heterocycles. The van der Waals surface area contributed by atoms with Crippen LogP contribution in [0.15, 0.2) is 52.0 Å². The largest absolute Gasteiger partial charge is 0.465 e. The molecule has 1 aromatic carbocycles. The number of sulfonamides is 1. The fourth-order valence-electron chi connectivity index (χ4n) is 1.88. The standard InChI is InChI=1S/C17H17ClN2O6S/c1-20(2)27(23,24)13-6-7-14(18)15(10-13)19-16(21)11-26-17(22)8-5-12-4-3-9-25-12/h3-10H,11H2,1-2H3,(H,19,21). The van der Waals surface area contributed by atoms with E-state index in [4.69, 9.17) is 20.8 Å². The minimum atomic E-state index is -3.69. The second-order valence-corrected chi connectivity index (χ2v) is 7.99. The highest BCUT2D eigenvalue weighted by Gasteiger charge is 2.19. The van der Waals surface area contributed by atoms with Gasteiger partial charge < -0.3 is 14.5 Å². The van der Waals surface area contributed by atoms with Crippen LogP contribution in [0.25, 0.3) is 6.08 Å². The van der Waals surface area contributed by atoms with E-state index in [0.29, 0.717) is 5.76 Å². The van der Waals surface area contributed by atoms with Gasteiger partial charge in [-0.05, 0) is 36.4 Å². The number of carbonyl (C=O) groups is 2. The summed E-state index contributed by atoms with van der Waals surface area (Å²) in [5.74, 6) is -0.949. The molecule has 27 heavy (non-hydrogen) atoms. The predicted octanol–water partition coefficient (Wildman–Crippen LogP) is 2.38. The van der Waals surface area contributed by atoms with Crippen LogP contribution in [0.4, 0.5) is 5.69 Å². The molecule has 0 atom stereocenters. The van der Waals surface area contributed by atoms with Gasteiger partial charge in [0.15, 0.2) is 6.61 Å². The number of hydrogen-bond acceptors (Lipinski definition) is 6. The van der Waals surface area contributed by atoms with Crippen LogP contribution in [0.1, 0.15) is 5.76 Å². The molecule has 1 heterocycles. The Morgan fingerprint density at radius 2 is 2.04 bits per heavy atom. The van der Waals surface area contributed by atoms with Crippen LogP contribution >= 0.6 is 11.6 Å². The first-order valence-electron chi connectivity index (χ1n) is 7.60. The highest BCUT2D eigenvalue weighted by molar-refractivity contribution is 7.89. The van der Waals surface area contributed by atoms with Gasteiger partial charge in [0.2, 0.25) is 10.0 Å². The summed E-state index contributed by atoms with van der Waals surface area (Å²) < 4.78 is 35.2. The molecule has 1 amide bonds. The lowest BCUT2D eigenvalue weighted by molar-refractivity contribution is -0.142. The zero-order chi connectivity index (χ0) is 20.0. The van der Waals surface area contributed by atoms with Gasteiger partial charge in [0.25, 0.3) is 5.91 Å². The lowest BCUT2D eigenvalue weighted by atomic mass is 10.3. The fraction of sp³-hybridized carbons (Fsp3) is 0.176. The molecule has 0 saturated carbocycles. The van der Waals surface area contributed by atoms with Crippen LogP contribution in [0, 0.1) is 0 Å². The van der Waals surface area contributed by atoms with E-state index in [-0.39, 0.29) is 15.6 Å². The number of anilines is 1. The summed E-state index contributed by atoms with van der Waals surface area (Å²) in [5.41, 5.74) is 0.0896. The smallest absolute Gasteiger partial charge is 0.331 e. The third-order valence-corrected chi connectivity index (χ3v) is 5.40. The normalized spacial score (nSPS) is 11.7. The topological polar surface area (TPSA) is 106 Å². The monoisotopic (exact) mass is 412 g/mol. The SMILES string of the molecule is CN(C)S(=O)(=O)c1ccc(Cl)c(NC(=O)COC(=O)C=Cc2ccco2)c1. The number of rotatable bonds is 7. The number of hydrogen-bond donors (Lipinski definition) is 1. The van der Waals surface area contributed by atoms with Gasteiger partial charge in [0.05, 0.1) is 21.9 Å². The number of esters is 1. The number of nitrogens with zero attached hydrogens (tertiary/aromatic N) is 1. The molecule has 0 radical (unpaired) electrons. The summed E-state index contributed by atoms with van der Waals surface area (Å²) >= 11 is 5.99. The van der Waals surface area contributed by atoms with Crippen LogP contribution in [0.3, 0.4) is 0 Å². The minimum absolute atomic E-state index is 0.0365. The second-order valence-electron chi connectivity index (χ2n) is 5.43. The number of carbonyl (C=O) groups excluding carboxylic acids is 2. The van der Waals surface area contributed by atoms with Gasteiger partial charge in [-0.2, -0.15) is 0 Å². The first-order chi connectivity index (χ1) is 12.7. The second kappa shape index (κ2) is 8.85. The van der Waals surface area contributed by atoms with Gasteiger partial charge in [0, 0.05) is 20.2 Å². The molecule has 0 fully saturated rings. The van der Waals surface area contributed by atoms with Crippen molar-refractivity contribution in [3.05, 3.63) is 53.5 Å². The third kappa shape index (κ3) is 5.68. The van der Waals surface area contributed by atoms with Crippen molar-refractivity contribution in [3.8, 4) is 0 Å². The Morgan fingerprint density at radius 3 is 2.67 bits per heavy atom. The molecule has 10 heteroatoms. The summed E-state index contributed by atoms with van der Waals surface area (Å²) in [6.07, 6.45) is 3.96. The number of halogens is 1. The highest BCUT2D eigenvalue weighted by atomic mass is 35.5. The van der Waals surface area contributed by atoms with E-state index in [1.807, 2.05) is 0 Å². The van der Waals surface area contributed by atoms with E-state index in [0.717, 1.165) is 10.4 Å². The number of amides is 1. The van der Waals surface area contributed by atoms with Crippen molar-refractivity contribution in [2.45, 2.75) is 4.90 Å². The van der Waals surface area contributed by atoms with Crippen molar-refractivity contribution in [2.24, 2.45) is 0 Å². The average molecular weight is 413 g/mol. The molecule has 1 aromatic heterocycles. The van der Waals surface area contributed by atoms with Crippen LogP contribution in [0.2, 0.25) is 5.02 Å². The van der Waals surface area contributed by atoms with Crippen molar-refractivity contribution in [1.29, 1.82) is 0 Å². The van der Waals surface area contributed by atoms with E-state index in [1.165, 1.54) is 44.6 Å². The lowest BCUT2D eigenvalue weighted by Crippen LogP contribution is -2.23.